The van der Waals surface area contributed by atoms with Gasteiger partial charge in [0.2, 0.25) is 0 Å². The summed E-state index contributed by atoms with van der Waals surface area (Å²) in [5.74, 6) is -1.20. The fraction of sp³-hybridized carbons (Fsp3) is 0.417. The van der Waals surface area contributed by atoms with Crippen LogP contribution in [-0.2, 0) is 14.9 Å². The van der Waals surface area contributed by atoms with Crippen LogP contribution in [-0.4, -0.2) is 32.2 Å². The average molecular weight is 303 g/mol. The number of hydrogen-bond donors (Lipinski definition) is 2. The molecule has 0 amide bonds. The van der Waals surface area contributed by atoms with Crippen molar-refractivity contribution in [1.29, 1.82) is 0 Å². The van der Waals surface area contributed by atoms with E-state index < -0.39 is 21.6 Å². The maximum Gasteiger partial charge on any atom is 0.339 e. The van der Waals surface area contributed by atoms with E-state index in [0.29, 0.717) is 0 Å². The molecule has 7 nitrogen and oxygen atoms in total. The number of rotatable bonds is 5. The minimum absolute atomic E-state index is 0.0770. The second-order valence-corrected chi connectivity index (χ2v) is 6.61. The highest BCUT2D eigenvalue weighted by atomic mass is 32.2. The van der Waals surface area contributed by atoms with Crippen molar-refractivity contribution in [3.05, 3.63) is 23.8 Å². The van der Waals surface area contributed by atoms with Gasteiger partial charge < -0.3 is 9.84 Å². The quantitative estimate of drug-likeness (QED) is 0.797. The van der Waals surface area contributed by atoms with Crippen LogP contribution in [0.4, 0.5) is 0 Å². The van der Waals surface area contributed by atoms with Crippen molar-refractivity contribution in [1.82, 2.24) is 4.89 Å². The Hall–Kier alpha value is -1.64. The monoisotopic (exact) mass is 303 g/mol. The Morgan fingerprint density at radius 2 is 1.90 bits per heavy atom. The normalized spacial score (nSPS) is 12.2. The summed E-state index contributed by atoms with van der Waals surface area (Å²) in [6.07, 6.45) is 0. The number of sulfonamides is 1. The van der Waals surface area contributed by atoms with Crippen molar-refractivity contribution in [3.8, 4) is 5.75 Å². The van der Waals surface area contributed by atoms with Gasteiger partial charge in [0.15, 0.2) is 0 Å². The molecule has 20 heavy (non-hydrogen) atoms. The zero-order valence-electron chi connectivity index (χ0n) is 11.6. The van der Waals surface area contributed by atoms with E-state index in [1.165, 1.54) is 19.2 Å². The summed E-state index contributed by atoms with van der Waals surface area (Å²) in [5, 5.41) is 9.02. The van der Waals surface area contributed by atoms with Crippen molar-refractivity contribution < 1.29 is 27.9 Å². The van der Waals surface area contributed by atoms with Crippen LogP contribution in [0.25, 0.3) is 0 Å². The maximum absolute atomic E-state index is 12.0. The summed E-state index contributed by atoms with van der Waals surface area (Å²) in [7, 11) is -2.66. The molecule has 0 heterocycles. The number of aromatic carboxylic acids is 1. The van der Waals surface area contributed by atoms with E-state index in [0.717, 1.165) is 6.07 Å². The smallest absolute Gasteiger partial charge is 0.339 e. The van der Waals surface area contributed by atoms with Gasteiger partial charge in [-0.3, -0.25) is 4.84 Å². The molecule has 0 fully saturated rings. The minimum Gasteiger partial charge on any atom is -0.496 e. The van der Waals surface area contributed by atoms with Crippen LogP contribution >= 0.6 is 0 Å². The summed E-state index contributed by atoms with van der Waals surface area (Å²) in [6.45, 7) is 5.02. The molecule has 0 saturated carbocycles. The molecule has 112 valence electrons. The second-order valence-electron chi connectivity index (χ2n) is 4.97. The minimum atomic E-state index is -3.97. The van der Waals surface area contributed by atoms with Gasteiger partial charge in [0.1, 0.15) is 11.3 Å². The zero-order valence-corrected chi connectivity index (χ0v) is 12.4. The van der Waals surface area contributed by atoms with Crippen LogP contribution in [0.2, 0.25) is 0 Å². The van der Waals surface area contributed by atoms with Gasteiger partial charge in [0, 0.05) is 0 Å². The van der Waals surface area contributed by atoms with Gasteiger partial charge >= 0.3 is 5.97 Å². The van der Waals surface area contributed by atoms with Crippen LogP contribution in [0, 0.1) is 0 Å². The van der Waals surface area contributed by atoms with E-state index in [9.17, 15) is 13.2 Å². The molecule has 0 aromatic heterocycles. The number of carboxylic acids is 1. The zero-order chi connectivity index (χ0) is 15.6. The summed E-state index contributed by atoms with van der Waals surface area (Å²) in [6, 6.07) is 3.52. The highest BCUT2D eigenvalue weighted by Gasteiger charge is 2.22. The van der Waals surface area contributed by atoms with Crippen LogP contribution in [0.15, 0.2) is 23.1 Å². The summed E-state index contributed by atoms with van der Waals surface area (Å²) in [5.41, 5.74) is -0.957. The standard InChI is InChI=1S/C12H17NO6S/c1-12(2,3)19-13-20(16,17)8-5-6-10(18-4)9(7-8)11(14)15/h5-7,13H,1-4H3,(H,14,15). The Kier molecular flexibility index (Phi) is 4.74. The Morgan fingerprint density at radius 3 is 2.35 bits per heavy atom. The van der Waals surface area contributed by atoms with Crippen LogP contribution in [0.1, 0.15) is 31.1 Å². The molecule has 0 unspecified atom stereocenters. The third-order valence-electron chi connectivity index (χ3n) is 2.17. The molecule has 0 spiro atoms. The Balaban J connectivity index is 3.13. The van der Waals surface area contributed by atoms with Crippen LogP contribution < -0.4 is 9.62 Å². The average Bonchev–Trinajstić information content (AvgIpc) is 2.35. The summed E-state index contributed by atoms with van der Waals surface area (Å²) in [4.78, 5) is 17.8. The van der Waals surface area contributed by atoms with Gasteiger partial charge in [-0.15, -0.1) is 0 Å². The van der Waals surface area contributed by atoms with Crippen molar-refractivity contribution >= 4 is 16.0 Å². The predicted octanol–water partition coefficient (Wildman–Crippen LogP) is 1.40. The summed E-state index contributed by atoms with van der Waals surface area (Å²) < 4.78 is 28.8. The van der Waals surface area contributed by atoms with Gasteiger partial charge in [-0.25, -0.2) is 13.2 Å². The number of ether oxygens (including phenoxy) is 1. The fourth-order valence-electron chi connectivity index (χ4n) is 1.25. The van der Waals surface area contributed by atoms with Crippen LogP contribution in [0.3, 0.4) is 0 Å². The molecule has 1 aromatic carbocycles. The van der Waals surface area contributed by atoms with Crippen LogP contribution in [0.5, 0.6) is 5.75 Å². The molecular formula is C12H17NO6S. The largest absolute Gasteiger partial charge is 0.496 e. The highest BCUT2D eigenvalue weighted by Crippen LogP contribution is 2.22. The van der Waals surface area contributed by atoms with Gasteiger partial charge in [-0.05, 0) is 39.0 Å². The SMILES string of the molecule is COc1ccc(S(=O)(=O)NOC(C)(C)C)cc1C(=O)O. The molecule has 0 bridgehead atoms. The number of methoxy groups -OCH3 is 1. The molecule has 0 radical (unpaired) electrons. The van der Waals surface area contributed by atoms with E-state index >= 15 is 0 Å². The van der Waals surface area contributed by atoms with E-state index in [1.54, 1.807) is 20.8 Å². The van der Waals surface area contributed by atoms with Crippen molar-refractivity contribution in [2.75, 3.05) is 7.11 Å². The topological polar surface area (TPSA) is 102 Å². The number of hydrogen-bond acceptors (Lipinski definition) is 5. The number of nitrogens with one attached hydrogen (secondary N) is 1. The third kappa shape index (κ3) is 4.19. The first-order chi connectivity index (χ1) is 9.07. The lowest BCUT2D eigenvalue weighted by molar-refractivity contribution is -0.0357. The molecule has 0 aliphatic rings. The van der Waals surface area contributed by atoms with Gasteiger partial charge in [0.05, 0.1) is 17.6 Å². The van der Waals surface area contributed by atoms with Gasteiger partial charge in [0.25, 0.3) is 10.0 Å². The summed E-state index contributed by atoms with van der Waals surface area (Å²) >= 11 is 0. The number of benzene rings is 1. The molecule has 8 heteroatoms. The first-order valence-corrected chi connectivity index (χ1v) is 7.16. The number of carboxylic acid groups (broad SMARTS) is 1. The van der Waals surface area contributed by atoms with E-state index in [1.807, 2.05) is 4.89 Å². The second kappa shape index (κ2) is 5.78. The van der Waals surface area contributed by atoms with Crippen molar-refractivity contribution in [2.45, 2.75) is 31.3 Å². The van der Waals surface area contributed by atoms with Crippen molar-refractivity contribution in [2.24, 2.45) is 0 Å². The Labute approximate surface area is 117 Å². The third-order valence-corrected chi connectivity index (χ3v) is 3.35. The molecule has 0 aliphatic carbocycles. The van der Waals surface area contributed by atoms with Gasteiger partial charge in [-0.2, -0.15) is 0 Å². The molecule has 1 rings (SSSR count). The lowest BCUT2D eigenvalue weighted by Gasteiger charge is -2.19. The van der Waals surface area contributed by atoms with E-state index in [-0.39, 0.29) is 16.2 Å². The molecule has 0 atom stereocenters. The lowest BCUT2D eigenvalue weighted by Crippen LogP contribution is -2.33. The van der Waals surface area contributed by atoms with Crippen molar-refractivity contribution in [3.63, 3.8) is 0 Å². The Bertz CT molecular complexity index is 603. The molecule has 0 saturated heterocycles. The number of carbonyl (C=O) groups is 1. The lowest BCUT2D eigenvalue weighted by atomic mass is 10.2. The molecule has 1 aromatic rings. The molecular weight excluding hydrogens is 286 g/mol. The van der Waals surface area contributed by atoms with E-state index in [2.05, 4.69) is 0 Å². The first kappa shape index (κ1) is 16.4. The Morgan fingerprint density at radius 1 is 1.30 bits per heavy atom. The van der Waals surface area contributed by atoms with E-state index in [4.69, 9.17) is 14.7 Å². The maximum atomic E-state index is 12.0. The first-order valence-electron chi connectivity index (χ1n) is 5.68. The molecule has 2 N–H and O–H groups in total. The van der Waals surface area contributed by atoms with Gasteiger partial charge in [-0.1, -0.05) is 4.89 Å². The highest BCUT2D eigenvalue weighted by molar-refractivity contribution is 7.89. The molecule has 0 aliphatic heterocycles. The fourth-order valence-corrected chi connectivity index (χ4v) is 2.23. The predicted molar refractivity (Wildman–Crippen MR) is 71.1 cm³/mol.